The predicted molar refractivity (Wildman–Crippen MR) is 60.4 cm³/mol. The third kappa shape index (κ3) is 2.06. The highest BCUT2D eigenvalue weighted by Crippen LogP contribution is 2.27. The highest BCUT2D eigenvalue weighted by molar-refractivity contribution is 6.02. The molecule has 0 radical (unpaired) electrons. The number of aliphatic imine (C=N–C) groups is 1. The number of amides is 1. The maximum Gasteiger partial charge on any atom is 0.222 e. The molecule has 0 atom stereocenters. The number of aryl methyl sites for hydroxylation is 1. The van der Waals surface area contributed by atoms with Gasteiger partial charge in [0.25, 0.3) is 0 Å². The summed E-state index contributed by atoms with van der Waals surface area (Å²) in [7, 11) is 0. The van der Waals surface area contributed by atoms with Gasteiger partial charge in [-0.05, 0) is 23.6 Å². The van der Waals surface area contributed by atoms with Gasteiger partial charge in [-0.25, -0.2) is 4.99 Å². The number of nitrogens with zero attached hydrogens (tertiary/aromatic N) is 1. The molecule has 2 rings (SSSR count). The molecule has 3 nitrogen and oxygen atoms in total. The molecule has 1 amide bonds. The van der Waals surface area contributed by atoms with E-state index >= 15 is 0 Å². The molecule has 1 aromatic rings. The Labute approximate surface area is 89.2 Å². The molecule has 15 heavy (non-hydrogen) atoms. The van der Waals surface area contributed by atoms with Crippen LogP contribution >= 0.6 is 0 Å². The zero-order valence-electron chi connectivity index (χ0n) is 9.00. The molecule has 0 bridgehead atoms. The van der Waals surface area contributed by atoms with Crippen LogP contribution in [0.5, 0.6) is 0 Å². The monoisotopic (exact) mass is 202 g/mol. The molecule has 1 aromatic carbocycles. The van der Waals surface area contributed by atoms with Gasteiger partial charge >= 0.3 is 0 Å². The first kappa shape index (κ1) is 9.90. The van der Waals surface area contributed by atoms with Crippen LogP contribution in [-0.2, 0) is 17.6 Å². The third-order valence-electron chi connectivity index (χ3n) is 2.49. The molecule has 0 unspecified atom stereocenters. The molecule has 0 aromatic heterocycles. The summed E-state index contributed by atoms with van der Waals surface area (Å²) < 4.78 is 0. The zero-order chi connectivity index (χ0) is 10.8. The van der Waals surface area contributed by atoms with Gasteiger partial charge in [0, 0.05) is 13.3 Å². The van der Waals surface area contributed by atoms with Gasteiger partial charge in [-0.1, -0.05) is 19.1 Å². The van der Waals surface area contributed by atoms with Crippen LogP contribution in [0.4, 0.5) is 5.69 Å². The van der Waals surface area contributed by atoms with Crippen molar-refractivity contribution >= 4 is 17.4 Å². The van der Waals surface area contributed by atoms with Crippen LogP contribution < -0.4 is 5.32 Å². The summed E-state index contributed by atoms with van der Waals surface area (Å²) in [4.78, 5) is 15.3. The van der Waals surface area contributed by atoms with Crippen molar-refractivity contribution in [1.29, 1.82) is 0 Å². The van der Waals surface area contributed by atoms with Crippen LogP contribution in [0.15, 0.2) is 23.2 Å². The number of benzene rings is 1. The summed E-state index contributed by atoms with van der Waals surface area (Å²) in [6.45, 7) is 3.62. The smallest absolute Gasteiger partial charge is 0.222 e. The molecular formula is C12H14N2O. The third-order valence-corrected chi connectivity index (χ3v) is 2.49. The highest BCUT2D eigenvalue weighted by Gasteiger charge is 2.15. The number of carbonyl (C=O) groups excluding carboxylic acids is 1. The minimum atomic E-state index is -0.0581. The number of amidine groups is 1. The maximum atomic E-state index is 10.9. The second-order valence-electron chi connectivity index (χ2n) is 3.73. The predicted octanol–water partition coefficient (Wildman–Crippen LogP) is 1.97. The minimum absolute atomic E-state index is 0.0581. The van der Waals surface area contributed by atoms with E-state index in [4.69, 9.17) is 0 Å². The van der Waals surface area contributed by atoms with Crippen molar-refractivity contribution in [1.82, 2.24) is 5.32 Å². The Morgan fingerprint density at radius 1 is 1.53 bits per heavy atom. The number of nitrogens with one attached hydrogen (secondary N) is 1. The average Bonchev–Trinajstić information content (AvgIpc) is 2.57. The lowest BCUT2D eigenvalue weighted by Crippen LogP contribution is -2.27. The summed E-state index contributed by atoms with van der Waals surface area (Å²) >= 11 is 0. The fourth-order valence-electron chi connectivity index (χ4n) is 1.72. The Balaban J connectivity index is 2.24. The standard InChI is InChI=1S/C12H14N2O/c1-3-9-4-5-10-7-12(13-8(2)15)14-11(10)6-9/h4-6H,3,7H2,1-2H3,(H,13,14,15). The molecule has 0 fully saturated rings. The van der Waals surface area contributed by atoms with Crippen LogP contribution in [0.2, 0.25) is 0 Å². The lowest BCUT2D eigenvalue weighted by atomic mass is 10.1. The quantitative estimate of drug-likeness (QED) is 0.743. The molecule has 1 aliphatic heterocycles. The van der Waals surface area contributed by atoms with Crippen molar-refractivity contribution in [3.8, 4) is 0 Å². The van der Waals surface area contributed by atoms with Crippen molar-refractivity contribution in [2.24, 2.45) is 4.99 Å². The van der Waals surface area contributed by atoms with Crippen LogP contribution in [0.3, 0.4) is 0 Å². The second kappa shape index (κ2) is 3.85. The summed E-state index contributed by atoms with van der Waals surface area (Å²) in [5, 5.41) is 2.74. The van der Waals surface area contributed by atoms with Gasteiger partial charge in [-0.3, -0.25) is 4.79 Å². The molecular weight excluding hydrogens is 188 g/mol. The van der Waals surface area contributed by atoms with Crippen molar-refractivity contribution in [3.05, 3.63) is 29.3 Å². The number of carbonyl (C=O) groups is 1. The average molecular weight is 202 g/mol. The first-order valence-electron chi connectivity index (χ1n) is 5.16. The van der Waals surface area contributed by atoms with E-state index in [0.29, 0.717) is 0 Å². The molecule has 0 saturated carbocycles. The normalized spacial score (nSPS) is 13.3. The minimum Gasteiger partial charge on any atom is -0.314 e. The Hall–Kier alpha value is -1.64. The fourth-order valence-corrected chi connectivity index (χ4v) is 1.72. The molecule has 0 spiro atoms. The van der Waals surface area contributed by atoms with Gasteiger partial charge in [0.1, 0.15) is 5.84 Å². The molecule has 78 valence electrons. The zero-order valence-corrected chi connectivity index (χ0v) is 9.00. The number of rotatable bonds is 1. The maximum absolute atomic E-state index is 10.9. The summed E-state index contributed by atoms with van der Waals surface area (Å²) in [6, 6.07) is 6.29. The van der Waals surface area contributed by atoms with E-state index in [-0.39, 0.29) is 5.91 Å². The fraction of sp³-hybridized carbons (Fsp3) is 0.333. The first-order valence-corrected chi connectivity index (χ1v) is 5.16. The second-order valence-corrected chi connectivity index (χ2v) is 3.73. The van der Waals surface area contributed by atoms with E-state index in [1.807, 2.05) is 0 Å². The van der Waals surface area contributed by atoms with E-state index in [2.05, 4.69) is 35.4 Å². The lowest BCUT2D eigenvalue weighted by molar-refractivity contribution is -0.117. The van der Waals surface area contributed by atoms with Crippen LogP contribution in [0, 0.1) is 0 Å². The summed E-state index contributed by atoms with van der Waals surface area (Å²) in [5.41, 5.74) is 3.47. The number of hydrogen-bond acceptors (Lipinski definition) is 2. The van der Waals surface area contributed by atoms with Crippen LogP contribution in [0.25, 0.3) is 0 Å². The Kier molecular flexibility index (Phi) is 2.54. The Morgan fingerprint density at radius 3 is 3.00 bits per heavy atom. The van der Waals surface area contributed by atoms with Crippen LogP contribution in [-0.4, -0.2) is 11.7 Å². The van der Waals surface area contributed by atoms with Gasteiger partial charge in [-0.15, -0.1) is 0 Å². The SMILES string of the molecule is CCc1ccc2c(c1)N=C(NC(C)=O)C2. The van der Waals surface area contributed by atoms with Crippen molar-refractivity contribution in [2.75, 3.05) is 0 Å². The number of hydrogen-bond donors (Lipinski definition) is 1. The molecule has 1 heterocycles. The summed E-state index contributed by atoms with van der Waals surface area (Å²) in [5.74, 6) is 0.697. The molecule has 1 N–H and O–H groups in total. The first-order chi connectivity index (χ1) is 7.19. The molecule has 0 aliphatic carbocycles. The molecule has 0 saturated heterocycles. The topological polar surface area (TPSA) is 41.5 Å². The van der Waals surface area contributed by atoms with E-state index < -0.39 is 0 Å². The van der Waals surface area contributed by atoms with Gasteiger partial charge in [0.2, 0.25) is 5.91 Å². The van der Waals surface area contributed by atoms with Gasteiger partial charge in [0.05, 0.1) is 5.69 Å². The Morgan fingerprint density at radius 2 is 2.33 bits per heavy atom. The number of fused-ring (bicyclic) bond motifs is 1. The van der Waals surface area contributed by atoms with Crippen molar-refractivity contribution < 1.29 is 4.79 Å². The molecule has 1 aliphatic rings. The van der Waals surface area contributed by atoms with Gasteiger partial charge in [-0.2, -0.15) is 0 Å². The molecule has 3 heteroatoms. The van der Waals surface area contributed by atoms with E-state index in [9.17, 15) is 4.79 Å². The van der Waals surface area contributed by atoms with Crippen LogP contribution in [0.1, 0.15) is 25.0 Å². The van der Waals surface area contributed by atoms with Crippen molar-refractivity contribution in [2.45, 2.75) is 26.7 Å². The van der Waals surface area contributed by atoms with E-state index in [1.165, 1.54) is 18.1 Å². The highest BCUT2D eigenvalue weighted by atomic mass is 16.1. The van der Waals surface area contributed by atoms with Gasteiger partial charge in [0.15, 0.2) is 0 Å². The van der Waals surface area contributed by atoms with Gasteiger partial charge < -0.3 is 5.32 Å². The largest absolute Gasteiger partial charge is 0.314 e. The van der Waals surface area contributed by atoms with E-state index in [1.54, 1.807) is 0 Å². The lowest BCUT2D eigenvalue weighted by Gasteiger charge is -1.99. The summed E-state index contributed by atoms with van der Waals surface area (Å²) in [6.07, 6.45) is 1.75. The van der Waals surface area contributed by atoms with E-state index in [0.717, 1.165) is 24.4 Å². The van der Waals surface area contributed by atoms with Crippen molar-refractivity contribution in [3.63, 3.8) is 0 Å². The Bertz CT molecular complexity index is 435.